The standard InChI is InChI=1S/C16H11F3O4S/c17-16(18,19)24(21,22)14-9-12-8-11(10-4-2-1-3-5-10)6-7-13(12)23-15(14)20/h1-9,15,20H. The lowest BCUT2D eigenvalue weighted by Gasteiger charge is -2.24. The molecular weight excluding hydrogens is 345 g/mol. The molecule has 0 aromatic heterocycles. The second kappa shape index (κ2) is 5.64. The first-order chi connectivity index (χ1) is 11.2. The van der Waals surface area contributed by atoms with E-state index >= 15 is 0 Å². The topological polar surface area (TPSA) is 63.6 Å². The predicted octanol–water partition coefficient (Wildman–Crippen LogP) is 3.34. The molecule has 2 aromatic rings. The van der Waals surface area contributed by atoms with E-state index in [2.05, 4.69) is 0 Å². The van der Waals surface area contributed by atoms with E-state index < -0.39 is 26.5 Å². The van der Waals surface area contributed by atoms with Crippen molar-refractivity contribution in [1.29, 1.82) is 0 Å². The second-order valence-electron chi connectivity index (χ2n) is 5.08. The fourth-order valence-electron chi connectivity index (χ4n) is 2.33. The van der Waals surface area contributed by atoms with Crippen molar-refractivity contribution in [3.63, 3.8) is 0 Å². The molecule has 0 fully saturated rings. The smallest absolute Gasteiger partial charge is 0.459 e. The van der Waals surface area contributed by atoms with E-state index in [1.54, 1.807) is 30.3 Å². The number of aliphatic hydroxyl groups is 1. The van der Waals surface area contributed by atoms with E-state index in [1.807, 2.05) is 6.07 Å². The molecule has 0 spiro atoms. The number of benzene rings is 2. The molecule has 3 rings (SSSR count). The minimum Gasteiger partial charge on any atom is -0.459 e. The Morgan fingerprint density at radius 3 is 2.29 bits per heavy atom. The molecule has 4 nitrogen and oxygen atoms in total. The summed E-state index contributed by atoms with van der Waals surface area (Å²) in [6, 6.07) is 13.6. The van der Waals surface area contributed by atoms with Crippen molar-refractivity contribution in [2.24, 2.45) is 0 Å². The van der Waals surface area contributed by atoms with Crippen LogP contribution in [-0.4, -0.2) is 25.3 Å². The van der Waals surface area contributed by atoms with Gasteiger partial charge >= 0.3 is 5.51 Å². The van der Waals surface area contributed by atoms with Gasteiger partial charge in [-0.15, -0.1) is 0 Å². The minimum atomic E-state index is -5.68. The fraction of sp³-hybridized carbons (Fsp3) is 0.125. The molecule has 0 saturated heterocycles. The number of halogens is 3. The summed E-state index contributed by atoms with van der Waals surface area (Å²) in [6.45, 7) is 0. The van der Waals surface area contributed by atoms with E-state index in [9.17, 15) is 26.7 Å². The highest BCUT2D eigenvalue weighted by atomic mass is 32.2. The first-order valence-electron chi connectivity index (χ1n) is 6.77. The molecule has 1 aliphatic rings. The lowest BCUT2D eigenvalue weighted by atomic mass is 10.0. The molecule has 1 heterocycles. The Morgan fingerprint density at radius 1 is 1.00 bits per heavy atom. The van der Waals surface area contributed by atoms with Crippen LogP contribution in [0.5, 0.6) is 5.75 Å². The molecule has 24 heavy (non-hydrogen) atoms. The van der Waals surface area contributed by atoms with Crippen LogP contribution < -0.4 is 4.74 Å². The average Bonchev–Trinajstić information content (AvgIpc) is 2.53. The molecule has 0 amide bonds. The van der Waals surface area contributed by atoms with Gasteiger partial charge in [0.25, 0.3) is 9.84 Å². The van der Waals surface area contributed by atoms with Gasteiger partial charge in [-0.1, -0.05) is 36.4 Å². The van der Waals surface area contributed by atoms with Crippen LogP contribution in [-0.2, 0) is 9.84 Å². The summed E-state index contributed by atoms with van der Waals surface area (Å²) in [4.78, 5) is -1.23. The maximum absolute atomic E-state index is 12.7. The van der Waals surface area contributed by atoms with Crippen LogP contribution in [0.15, 0.2) is 53.4 Å². The van der Waals surface area contributed by atoms with Gasteiger partial charge in [-0.2, -0.15) is 13.2 Å². The Kier molecular flexibility index (Phi) is 3.89. The number of hydrogen-bond acceptors (Lipinski definition) is 4. The summed E-state index contributed by atoms with van der Waals surface area (Å²) in [6.07, 6.45) is -1.41. The van der Waals surface area contributed by atoms with Gasteiger partial charge in [0.1, 0.15) is 10.7 Å². The summed E-state index contributed by atoms with van der Waals surface area (Å²) < 4.78 is 66.2. The van der Waals surface area contributed by atoms with Gasteiger partial charge in [0, 0.05) is 5.56 Å². The Labute approximate surface area is 135 Å². The molecule has 0 radical (unpaired) electrons. The number of ether oxygens (including phenoxy) is 1. The number of fused-ring (bicyclic) bond motifs is 1. The molecule has 8 heteroatoms. The third-order valence-corrected chi connectivity index (χ3v) is 5.06. The zero-order chi connectivity index (χ0) is 17.5. The van der Waals surface area contributed by atoms with Crippen LogP contribution in [0.25, 0.3) is 17.2 Å². The molecule has 0 saturated carbocycles. The average molecular weight is 356 g/mol. The van der Waals surface area contributed by atoms with Gasteiger partial charge < -0.3 is 9.84 Å². The lowest BCUT2D eigenvalue weighted by molar-refractivity contribution is -0.0455. The van der Waals surface area contributed by atoms with Crippen LogP contribution in [0.4, 0.5) is 13.2 Å². The van der Waals surface area contributed by atoms with Crippen LogP contribution in [0.3, 0.4) is 0 Å². The van der Waals surface area contributed by atoms with Gasteiger partial charge in [0.15, 0.2) is 0 Å². The molecule has 1 unspecified atom stereocenters. The largest absolute Gasteiger partial charge is 0.501 e. The van der Waals surface area contributed by atoms with Gasteiger partial charge in [-0.3, -0.25) is 0 Å². The minimum absolute atomic E-state index is 0.100. The maximum Gasteiger partial charge on any atom is 0.501 e. The second-order valence-corrected chi connectivity index (χ2v) is 7.03. The van der Waals surface area contributed by atoms with E-state index in [1.165, 1.54) is 12.1 Å². The highest BCUT2D eigenvalue weighted by Gasteiger charge is 2.51. The highest BCUT2D eigenvalue weighted by molar-refractivity contribution is 7.96. The van der Waals surface area contributed by atoms with Gasteiger partial charge in [0.2, 0.25) is 6.29 Å². The van der Waals surface area contributed by atoms with Crippen molar-refractivity contribution in [1.82, 2.24) is 0 Å². The van der Waals surface area contributed by atoms with E-state index in [4.69, 9.17) is 4.74 Å². The SMILES string of the molecule is O=S(=O)(C1=Cc2cc(-c3ccccc3)ccc2OC1O)C(F)(F)F. The van der Waals surface area contributed by atoms with Crippen LogP contribution in [0, 0.1) is 0 Å². The third-order valence-electron chi connectivity index (χ3n) is 3.51. The van der Waals surface area contributed by atoms with Crippen LogP contribution in [0.1, 0.15) is 5.56 Å². The molecule has 1 aliphatic heterocycles. The summed E-state index contributed by atoms with van der Waals surface area (Å²) >= 11 is 0. The Balaban J connectivity index is 2.11. The normalized spacial score (nSPS) is 17.7. The number of sulfone groups is 1. The Hall–Kier alpha value is -2.32. The van der Waals surface area contributed by atoms with E-state index in [0.29, 0.717) is 5.56 Å². The van der Waals surface area contributed by atoms with E-state index in [-0.39, 0.29) is 11.3 Å². The van der Waals surface area contributed by atoms with E-state index in [0.717, 1.165) is 11.6 Å². The first-order valence-corrected chi connectivity index (χ1v) is 8.25. The fourth-order valence-corrected chi connectivity index (χ4v) is 3.19. The van der Waals surface area contributed by atoms with Crippen molar-refractivity contribution in [3.8, 4) is 16.9 Å². The van der Waals surface area contributed by atoms with Gasteiger partial charge in [0.05, 0.1) is 0 Å². The molecule has 2 aromatic carbocycles. The highest BCUT2D eigenvalue weighted by Crippen LogP contribution is 2.38. The molecule has 1 atom stereocenters. The zero-order valence-electron chi connectivity index (χ0n) is 12.0. The summed E-state index contributed by atoms with van der Waals surface area (Å²) in [7, 11) is -5.68. The molecular formula is C16H11F3O4S. The quantitative estimate of drug-likeness (QED) is 0.896. The van der Waals surface area contributed by atoms with Crippen molar-refractivity contribution in [2.45, 2.75) is 11.8 Å². The Bertz CT molecular complexity index is 903. The predicted molar refractivity (Wildman–Crippen MR) is 81.5 cm³/mol. The van der Waals surface area contributed by atoms with Gasteiger partial charge in [-0.25, -0.2) is 8.42 Å². The van der Waals surface area contributed by atoms with Crippen molar-refractivity contribution in [2.75, 3.05) is 0 Å². The molecule has 0 bridgehead atoms. The summed E-state index contributed by atoms with van der Waals surface area (Å²) in [5, 5.41) is 9.63. The zero-order valence-corrected chi connectivity index (χ0v) is 12.8. The Morgan fingerprint density at radius 2 is 1.67 bits per heavy atom. The third kappa shape index (κ3) is 2.78. The monoisotopic (exact) mass is 356 g/mol. The van der Waals surface area contributed by atoms with Crippen LogP contribution >= 0.6 is 0 Å². The number of alkyl halides is 3. The van der Waals surface area contributed by atoms with Crippen molar-refractivity contribution >= 4 is 15.9 Å². The first kappa shape index (κ1) is 16.5. The number of aliphatic hydroxyl groups excluding tert-OH is 1. The summed E-state index contributed by atoms with van der Waals surface area (Å²) in [5.74, 6) is 0.100. The molecule has 1 N–H and O–H groups in total. The lowest BCUT2D eigenvalue weighted by Crippen LogP contribution is -2.34. The summed E-state index contributed by atoms with van der Waals surface area (Å²) in [5.41, 5.74) is -3.89. The van der Waals surface area contributed by atoms with Gasteiger partial charge in [-0.05, 0) is 29.3 Å². The van der Waals surface area contributed by atoms with Crippen molar-refractivity contribution < 1.29 is 31.4 Å². The molecule has 0 aliphatic carbocycles. The van der Waals surface area contributed by atoms with Crippen LogP contribution in [0.2, 0.25) is 0 Å². The van der Waals surface area contributed by atoms with Crippen molar-refractivity contribution in [3.05, 3.63) is 59.0 Å². The number of rotatable bonds is 2. The molecule has 126 valence electrons. The maximum atomic E-state index is 12.7. The number of hydrogen-bond donors (Lipinski definition) is 1.